The van der Waals surface area contributed by atoms with Gasteiger partial charge in [0.15, 0.2) is 11.6 Å². The molecule has 0 aliphatic rings. The van der Waals surface area contributed by atoms with Gasteiger partial charge in [0.2, 0.25) is 0 Å². The van der Waals surface area contributed by atoms with Crippen LogP contribution in [0.2, 0.25) is 0 Å². The van der Waals surface area contributed by atoms with Gasteiger partial charge in [0, 0.05) is 11.1 Å². The highest BCUT2D eigenvalue weighted by molar-refractivity contribution is 7.80. The summed E-state index contributed by atoms with van der Waals surface area (Å²) in [6.45, 7) is 0. The number of alkyl halides is 3. The molecule has 0 spiro atoms. The summed E-state index contributed by atoms with van der Waals surface area (Å²) in [5.74, 6) is -2.81. The minimum atomic E-state index is -4.54. The lowest BCUT2D eigenvalue weighted by Gasteiger charge is -2.19. The highest BCUT2D eigenvalue weighted by atomic mass is 32.1. The maximum atomic E-state index is 12.7. The van der Waals surface area contributed by atoms with Gasteiger partial charge in [-0.05, 0) is 30.8 Å². The Morgan fingerprint density at radius 1 is 1.04 bits per heavy atom. The molecule has 0 saturated carbocycles. The largest absolute Gasteiger partial charge is 0.407 e. The summed E-state index contributed by atoms with van der Waals surface area (Å²) in [4.78, 5) is 4.08. The van der Waals surface area contributed by atoms with Gasteiger partial charge in [-0.15, -0.1) is 12.6 Å². The highest BCUT2D eigenvalue weighted by Crippen LogP contribution is 2.32. The van der Waals surface area contributed by atoms with Gasteiger partial charge in [-0.1, -0.05) is 6.07 Å². The van der Waals surface area contributed by atoms with Crippen molar-refractivity contribution in [1.29, 1.82) is 0 Å². The van der Waals surface area contributed by atoms with E-state index in [0.29, 0.717) is 17.0 Å². The summed E-state index contributed by atoms with van der Waals surface area (Å²) in [5.41, 5.74) is -0.357. The summed E-state index contributed by atoms with van der Waals surface area (Å²) in [7, 11) is 1.10. The number of hydrogen-bond acceptors (Lipinski definition) is 3. The van der Waals surface area contributed by atoms with Crippen LogP contribution in [0, 0.1) is 17.5 Å². The molecule has 1 aromatic carbocycles. The van der Waals surface area contributed by atoms with Crippen molar-refractivity contribution in [3.63, 3.8) is 0 Å². The molecule has 9 heteroatoms. The van der Waals surface area contributed by atoms with Crippen molar-refractivity contribution in [3.05, 3.63) is 59.7 Å². The first-order valence-corrected chi connectivity index (χ1v) is 6.58. The fourth-order valence-corrected chi connectivity index (χ4v) is 1.80. The minimum absolute atomic E-state index is 0.350. The first kappa shape index (κ1) is 19.3. The Kier molecular flexibility index (Phi) is 6.89. The first-order chi connectivity index (χ1) is 10.6. The fourth-order valence-electron chi connectivity index (χ4n) is 1.61. The SMILES string of the molecule is CNC(c1ccc(F)c(F)c1)C(F)(F)F.Fc1cncc(S)c1. The van der Waals surface area contributed by atoms with E-state index in [1.54, 1.807) is 0 Å². The van der Waals surface area contributed by atoms with Gasteiger partial charge in [-0.25, -0.2) is 13.2 Å². The van der Waals surface area contributed by atoms with E-state index in [1.807, 2.05) is 5.32 Å². The van der Waals surface area contributed by atoms with E-state index in [0.717, 1.165) is 19.3 Å². The lowest BCUT2D eigenvalue weighted by Crippen LogP contribution is -2.31. The third kappa shape index (κ3) is 6.11. The van der Waals surface area contributed by atoms with Gasteiger partial charge in [0.1, 0.15) is 11.9 Å². The Bertz CT molecular complexity index is 630. The molecule has 2 nitrogen and oxygen atoms in total. The van der Waals surface area contributed by atoms with Crippen LogP contribution in [-0.2, 0) is 0 Å². The molecular weight excluding hydrogens is 342 g/mol. The zero-order valence-electron chi connectivity index (χ0n) is 11.7. The number of rotatable bonds is 2. The second-order valence-corrected chi connectivity index (χ2v) is 4.81. The molecule has 0 amide bonds. The van der Waals surface area contributed by atoms with Crippen LogP contribution >= 0.6 is 12.6 Å². The third-order valence-corrected chi connectivity index (χ3v) is 2.83. The van der Waals surface area contributed by atoms with Crippen molar-refractivity contribution in [2.24, 2.45) is 0 Å². The fraction of sp³-hybridized carbons (Fsp3) is 0.214. The Labute approximate surface area is 134 Å². The monoisotopic (exact) mass is 354 g/mol. The van der Waals surface area contributed by atoms with Crippen LogP contribution in [0.5, 0.6) is 0 Å². The van der Waals surface area contributed by atoms with E-state index in [9.17, 15) is 26.3 Å². The number of nitrogens with one attached hydrogen (secondary N) is 1. The molecule has 2 rings (SSSR count). The van der Waals surface area contributed by atoms with Gasteiger partial charge in [-0.3, -0.25) is 4.98 Å². The van der Waals surface area contributed by atoms with Crippen molar-refractivity contribution in [2.45, 2.75) is 17.1 Å². The molecule has 126 valence electrons. The van der Waals surface area contributed by atoms with Crippen LogP contribution in [0.15, 0.2) is 41.6 Å². The van der Waals surface area contributed by atoms with Crippen molar-refractivity contribution < 1.29 is 26.3 Å². The average molecular weight is 354 g/mol. The maximum Gasteiger partial charge on any atom is 0.407 e. The molecule has 23 heavy (non-hydrogen) atoms. The van der Waals surface area contributed by atoms with E-state index >= 15 is 0 Å². The second kappa shape index (κ2) is 8.21. The molecule has 1 N–H and O–H groups in total. The Hall–Kier alpha value is -1.74. The van der Waals surface area contributed by atoms with Gasteiger partial charge >= 0.3 is 6.18 Å². The third-order valence-electron chi connectivity index (χ3n) is 2.58. The lowest BCUT2D eigenvalue weighted by atomic mass is 10.1. The predicted molar refractivity (Wildman–Crippen MR) is 75.7 cm³/mol. The zero-order chi connectivity index (χ0) is 17.6. The van der Waals surface area contributed by atoms with E-state index in [2.05, 4.69) is 17.6 Å². The molecule has 1 heterocycles. The number of pyridine rings is 1. The summed E-state index contributed by atoms with van der Waals surface area (Å²) >= 11 is 3.85. The Morgan fingerprint density at radius 3 is 2.09 bits per heavy atom. The van der Waals surface area contributed by atoms with E-state index in [1.165, 1.54) is 12.3 Å². The van der Waals surface area contributed by atoms with Crippen LogP contribution in [0.4, 0.5) is 26.3 Å². The molecule has 1 unspecified atom stereocenters. The van der Waals surface area contributed by atoms with Crippen LogP contribution in [-0.4, -0.2) is 18.2 Å². The van der Waals surface area contributed by atoms with Gasteiger partial charge in [0.05, 0.1) is 6.20 Å². The Balaban J connectivity index is 0.000000277. The normalized spacial score (nSPS) is 12.3. The maximum absolute atomic E-state index is 12.7. The summed E-state index contributed by atoms with van der Waals surface area (Å²) in [6, 6.07) is 1.40. The lowest BCUT2D eigenvalue weighted by molar-refractivity contribution is -0.156. The number of thiol groups is 1. The summed E-state index contributed by atoms with van der Waals surface area (Å²) in [5, 5.41) is 1.99. The molecule has 0 radical (unpaired) electrons. The van der Waals surface area contributed by atoms with Crippen molar-refractivity contribution in [3.8, 4) is 0 Å². The number of nitrogens with zero attached hydrogens (tertiary/aromatic N) is 1. The van der Waals surface area contributed by atoms with E-state index < -0.39 is 23.9 Å². The van der Waals surface area contributed by atoms with Crippen LogP contribution < -0.4 is 5.32 Å². The first-order valence-electron chi connectivity index (χ1n) is 6.13. The average Bonchev–Trinajstić information content (AvgIpc) is 2.42. The topological polar surface area (TPSA) is 24.9 Å². The number of halogens is 6. The van der Waals surface area contributed by atoms with Crippen molar-refractivity contribution in [1.82, 2.24) is 10.3 Å². The van der Waals surface area contributed by atoms with Crippen LogP contribution in [0.3, 0.4) is 0 Å². The predicted octanol–water partition coefficient (Wildman–Crippen LogP) is 4.30. The number of aromatic nitrogens is 1. The summed E-state index contributed by atoms with van der Waals surface area (Å²) in [6.07, 6.45) is -1.93. The smallest absolute Gasteiger partial charge is 0.306 e. The molecule has 0 aliphatic carbocycles. The molecule has 2 aromatic rings. The van der Waals surface area contributed by atoms with Gasteiger partial charge < -0.3 is 5.32 Å². The van der Waals surface area contributed by atoms with Gasteiger partial charge in [0.25, 0.3) is 0 Å². The van der Waals surface area contributed by atoms with Crippen molar-refractivity contribution in [2.75, 3.05) is 7.05 Å². The molecule has 1 aromatic heterocycles. The molecular formula is C14H12F6N2S. The molecule has 0 saturated heterocycles. The minimum Gasteiger partial charge on any atom is -0.306 e. The highest BCUT2D eigenvalue weighted by Gasteiger charge is 2.39. The quantitative estimate of drug-likeness (QED) is 0.621. The van der Waals surface area contributed by atoms with E-state index in [-0.39, 0.29) is 11.4 Å². The Morgan fingerprint density at radius 2 is 1.70 bits per heavy atom. The molecule has 0 fully saturated rings. The van der Waals surface area contributed by atoms with Crippen molar-refractivity contribution >= 4 is 12.6 Å². The van der Waals surface area contributed by atoms with Crippen LogP contribution in [0.1, 0.15) is 11.6 Å². The number of benzene rings is 1. The molecule has 0 aliphatic heterocycles. The second-order valence-electron chi connectivity index (χ2n) is 4.30. The summed E-state index contributed by atoms with van der Waals surface area (Å²) < 4.78 is 74.3. The zero-order valence-corrected chi connectivity index (χ0v) is 12.6. The molecule has 0 bridgehead atoms. The van der Waals surface area contributed by atoms with Gasteiger partial charge in [-0.2, -0.15) is 13.2 Å². The molecule has 1 atom stereocenters. The standard InChI is InChI=1S/C9H8F5N.C5H4FNS/c1-15-8(9(12,13)14)5-2-3-6(10)7(11)4-5;6-4-1-5(8)3-7-2-4/h2-4,8,15H,1H3;1-3,8H. The number of hydrogen-bond donors (Lipinski definition) is 2. The van der Waals surface area contributed by atoms with Crippen LogP contribution in [0.25, 0.3) is 0 Å². The van der Waals surface area contributed by atoms with E-state index in [4.69, 9.17) is 0 Å².